The third-order valence-corrected chi connectivity index (χ3v) is 5.99. The van der Waals surface area contributed by atoms with Crippen molar-refractivity contribution in [2.75, 3.05) is 26.6 Å². The number of halogens is 1. The van der Waals surface area contributed by atoms with Crippen LogP contribution in [0.15, 0.2) is 46.3 Å². The average molecular weight is 489 g/mol. The summed E-state index contributed by atoms with van der Waals surface area (Å²) in [5.41, 5.74) is 2.21. The topological polar surface area (TPSA) is 87.0 Å². The highest BCUT2D eigenvalue weighted by Crippen LogP contribution is 2.44. The molecule has 0 aliphatic rings. The fourth-order valence-electron chi connectivity index (χ4n) is 3.00. The smallest absolute Gasteiger partial charge is 0.259 e. The molecule has 8 nitrogen and oxygen atoms in total. The molecule has 0 saturated heterocycles. The van der Waals surface area contributed by atoms with Crippen molar-refractivity contribution in [2.45, 2.75) is 0 Å². The van der Waals surface area contributed by atoms with E-state index in [9.17, 15) is 4.79 Å². The van der Waals surface area contributed by atoms with Crippen LogP contribution in [0.2, 0.25) is 0 Å². The first-order chi connectivity index (χ1) is 14.6. The quantitative estimate of drug-likeness (QED) is 0.429. The number of hydrogen-bond donors (Lipinski definition) is 1. The number of amides is 1. The van der Waals surface area contributed by atoms with Gasteiger partial charge in [-0.3, -0.25) is 10.1 Å². The molecule has 4 aromatic rings. The van der Waals surface area contributed by atoms with Crippen LogP contribution in [0.25, 0.3) is 16.2 Å². The van der Waals surface area contributed by atoms with Crippen molar-refractivity contribution in [3.8, 4) is 28.5 Å². The summed E-state index contributed by atoms with van der Waals surface area (Å²) in [6, 6.07) is 11.4. The first kappa shape index (κ1) is 20.2. The van der Waals surface area contributed by atoms with Crippen LogP contribution in [-0.4, -0.2) is 41.8 Å². The molecule has 2 aromatic carbocycles. The van der Waals surface area contributed by atoms with Gasteiger partial charge in [-0.2, -0.15) is 4.98 Å². The fourth-order valence-corrected chi connectivity index (χ4v) is 4.46. The van der Waals surface area contributed by atoms with E-state index in [2.05, 4.69) is 31.3 Å². The van der Waals surface area contributed by atoms with Crippen molar-refractivity contribution < 1.29 is 19.0 Å². The van der Waals surface area contributed by atoms with Gasteiger partial charge < -0.3 is 14.2 Å². The lowest BCUT2D eigenvalue weighted by molar-refractivity contribution is 0.102. The van der Waals surface area contributed by atoms with Gasteiger partial charge in [0, 0.05) is 10.9 Å². The van der Waals surface area contributed by atoms with Gasteiger partial charge in [-0.25, -0.2) is 4.52 Å². The first-order valence-electron chi connectivity index (χ1n) is 8.76. The van der Waals surface area contributed by atoms with Crippen molar-refractivity contribution in [1.29, 1.82) is 0 Å². The Morgan fingerprint density at radius 3 is 2.50 bits per heavy atom. The molecule has 2 heterocycles. The Labute approximate surface area is 184 Å². The summed E-state index contributed by atoms with van der Waals surface area (Å²) in [7, 11) is 4.47. The van der Waals surface area contributed by atoms with Crippen molar-refractivity contribution in [3.63, 3.8) is 0 Å². The highest BCUT2D eigenvalue weighted by molar-refractivity contribution is 9.10. The minimum Gasteiger partial charge on any atom is -0.493 e. The molecule has 0 saturated carbocycles. The number of fused-ring (bicyclic) bond motifs is 1. The lowest BCUT2D eigenvalue weighted by Crippen LogP contribution is -2.15. The highest BCUT2D eigenvalue weighted by Gasteiger charge is 2.24. The maximum Gasteiger partial charge on any atom is 0.259 e. The van der Waals surface area contributed by atoms with Crippen LogP contribution in [0.4, 0.5) is 5.95 Å². The fraction of sp³-hybridized carbons (Fsp3) is 0.150. The molecule has 30 heavy (non-hydrogen) atoms. The second-order valence-corrected chi connectivity index (χ2v) is 7.71. The molecule has 1 amide bonds. The van der Waals surface area contributed by atoms with Crippen LogP contribution >= 0.6 is 27.3 Å². The molecule has 0 radical (unpaired) electrons. The minimum absolute atomic E-state index is 0.199. The van der Waals surface area contributed by atoms with Gasteiger partial charge in [0.1, 0.15) is 0 Å². The number of carbonyl (C=O) groups excluding carboxylic acids is 1. The van der Waals surface area contributed by atoms with Crippen molar-refractivity contribution in [1.82, 2.24) is 14.6 Å². The van der Waals surface area contributed by atoms with Crippen molar-refractivity contribution in [3.05, 3.63) is 51.8 Å². The van der Waals surface area contributed by atoms with Gasteiger partial charge >= 0.3 is 0 Å². The summed E-state index contributed by atoms with van der Waals surface area (Å²) in [6.07, 6.45) is 0. The molecule has 154 valence electrons. The lowest BCUT2D eigenvalue weighted by Gasteiger charge is -2.16. The third kappa shape index (κ3) is 3.48. The molecule has 0 fully saturated rings. The number of hydrogen-bond acceptors (Lipinski definition) is 7. The summed E-state index contributed by atoms with van der Waals surface area (Å²) in [4.78, 5) is 18.0. The molecule has 0 bridgehead atoms. The molecule has 1 N–H and O–H groups in total. The lowest BCUT2D eigenvalue weighted by atomic mass is 10.1. The molecular weight excluding hydrogens is 472 g/mol. The van der Waals surface area contributed by atoms with E-state index in [-0.39, 0.29) is 5.95 Å². The molecule has 2 aromatic heterocycles. The molecule has 10 heteroatoms. The predicted octanol–water partition coefficient (Wildman–Crippen LogP) is 4.50. The SMILES string of the molecule is COc1cc(C(=O)Nc2nc3scc(-c4ccccc4)n3n2)c(Br)c(OC)c1OC. The van der Waals surface area contributed by atoms with Gasteiger partial charge in [0.05, 0.1) is 37.1 Å². The van der Waals surface area contributed by atoms with E-state index in [1.807, 2.05) is 35.7 Å². The summed E-state index contributed by atoms with van der Waals surface area (Å²) in [6.45, 7) is 0. The van der Waals surface area contributed by atoms with E-state index in [0.717, 1.165) is 11.3 Å². The summed E-state index contributed by atoms with van der Waals surface area (Å²) < 4.78 is 18.2. The predicted molar refractivity (Wildman–Crippen MR) is 118 cm³/mol. The zero-order valence-corrected chi connectivity index (χ0v) is 18.7. The Bertz CT molecular complexity index is 1220. The number of anilines is 1. The monoisotopic (exact) mass is 488 g/mol. The number of ether oxygens (including phenoxy) is 3. The maximum absolute atomic E-state index is 12.9. The van der Waals surface area contributed by atoms with Gasteiger partial charge in [0.15, 0.2) is 11.5 Å². The Morgan fingerprint density at radius 2 is 1.83 bits per heavy atom. The summed E-state index contributed by atoms with van der Waals surface area (Å²) in [5, 5.41) is 9.16. The van der Waals surface area contributed by atoms with Gasteiger partial charge in [-0.05, 0) is 22.0 Å². The standard InChI is InChI=1S/C20H17BrN4O4S/c1-27-14-9-12(15(21)17(29-3)16(14)28-2)18(26)22-19-23-20-25(24-19)13(10-30-20)11-7-5-4-6-8-11/h4-10H,1-3H3,(H,22,24,26). The highest BCUT2D eigenvalue weighted by atomic mass is 79.9. The van der Waals surface area contributed by atoms with Crippen LogP contribution in [0.3, 0.4) is 0 Å². The number of methoxy groups -OCH3 is 3. The van der Waals surface area contributed by atoms with Gasteiger partial charge in [0.2, 0.25) is 10.7 Å². The molecule has 0 unspecified atom stereocenters. The first-order valence-corrected chi connectivity index (χ1v) is 10.4. The normalized spacial score (nSPS) is 10.8. The summed E-state index contributed by atoms with van der Waals surface area (Å²) >= 11 is 4.86. The number of nitrogens with one attached hydrogen (secondary N) is 1. The zero-order valence-electron chi connectivity index (χ0n) is 16.3. The van der Waals surface area contributed by atoms with Crippen LogP contribution in [-0.2, 0) is 0 Å². The van der Waals surface area contributed by atoms with E-state index < -0.39 is 5.91 Å². The second-order valence-electron chi connectivity index (χ2n) is 6.08. The van der Waals surface area contributed by atoms with Crippen molar-refractivity contribution >= 4 is 44.1 Å². The molecule has 4 rings (SSSR count). The number of rotatable bonds is 6. The maximum atomic E-state index is 12.9. The van der Waals surface area contributed by atoms with Crippen LogP contribution in [0, 0.1) is 0 Å². The van der Waals surface area contributed by atoms with Crippen LogP contribution in [0.1, 0.15) is 10.4 Å². The molecule has 0 atom stereocenters. The Hall–Kier alpha value is -3.11. The Morgan fingerprint density at radius 1 is 1.10 bits per heavy atom. The Kier molecular flexibility index (Phi) is 5.60. The summed E-state index contributed by atoms with van der Waals surface area (Å²) in [5.74, 6) is 0.891. The number of thiazole rings is 1. The average Bonchev–Trinajstić information content (AvgIpc) is 3.33. The number of benzene rings is 2. The Balaban J connectivity index is 1.68. The molecule has 0 aliphatic heterocycles. The van der Waals surface area contributed by atoms with E-state index in [0.29, 0.717) is 32.2 Å². The molecule has 0 aliphatic carbocycles. The van der Waals surface area contributed by atoms with E-state index >= 15 is 0 Å². The van der Waals surface area contributed by atoms with Gasteiger partial charge in [-0.1, -0.05) is 30.3 Å². The minimum atomic E-state index is -0.416. The number of carbonyl (C=O) groups is 1. The zero-order chi connectivity index (χ0) is 21.3. The third-order valence-electron chi connectivity index (χ3n) is 4.39. The molecular formula is C20H17BrN4O4S. The number of nitrogens with zero attached hydrogens (tertiary/aromatic N) is 3. The van der Waals surface area contributed by atoms with Crippen LogP contribution < -0.4 is 19.5 Å². The van der Waals surface area contributed by atoms with E-state index in [4.69, 9.17) is 14.2 Å². The molecule has 0 spiro atoms. The largest absolute Gasteiger partial charge is 0.493 e. The van der Waals surface area contributed by atoms with E-state index in [1.54, 1.807) is 10.6 Å². The van der Waals surface area contributed by atoms with E-state index in [1.165, 1.54) is 32.7 Å². The van der Waals surface area contributed by atoms with Gasteiger partial charge in [0.25, 0.3) is 11.9 Å². The second kappa shape index (κ2) is 8.33. The van der Waals surface area contributed by atoms with Gasteiger partial charge in [-0.15, -0.1) is 16.4 Å². The van der Waals surface area contributed by atoms with Crippen LogP contribution in [0.5, 0.6) is 17.2 Å². The number of aromatic nitrogens is 3. The van der Waals surface area contributed by atoms with Crippen molar-refractivity contribution in [2.24, 2.45) is 0 Å².